The summed E-state index contributed by atoms with van der Waals surface area (Å²) in [5.41, 5.74) is 0. The zero-order valence-electron chi connectivity index (χ0n) is 30.5. The summed E-state index contributed by atoms with van der Waals surface area (Å²) in [7, 11) is 0. The fourth-order valence-corrected chi connectivity index (χ4v) is 5.24. The number of carbonyl (C=O) groups is 8. The van der Waals surface area contributed by atoms with Crippen molar-refractivity contribution in [3.05, 3.63) is 0 Å². The molecule has 0 N–H and O–H groups in total. The summed E-state index contributed by atoms with van der Waals surface area (Å²) >= 11 is 0. The van der Waals surface area contributed by atoms with Crippen molar-refractivity contribution < 1.29 is 95.2 Å². The van der Waals surface area contributed by atoms with E-state index in [4.69, 9.17) is 56.8 Å². The molecule has 2 aliphatic heterocycles. The van der Waals surface area contributed by atoms with E-state index in [0.717, 1.165) is 55.4 Å². The molecule has 2 rings (SSSR count). The standard InChI is InChI=1S/C32H46O20/c1-13(43-31-29(49-21(9)39)27(47-19(7)37)25(45-17(5)35)23(51-31)11-41-15(3)33)14(2)44-32-30(50-22(10)40)28(48-20(8)38)26(46-18(6)36)24(52-32)12-42-16(4)34/h13-14,23-32H,11-12H2,1-10H3/t13-,14-,23+,24+,25+,26+,27-,28-,29-,30-,31-,32-/m0/s1. The molecule has 0 aromatic rings. The van der Waals surface area contributed by atoms with Crippen LogP contribution in [0.3, 0.4) is 0 Å². The minimum absolute atomic E-state index is 0.497. The van der Waals surface area contributed by atoms with E-state index in [1.165, 1.54) is 13.8 Å². The van der Waals surface area contributed by atoms with Gasteiger partial charge in [-0.25, -0.2) is 0 Å². The molecule has 0 aromatic carbocycles. The maximum Gasteiger partial charge on any atom is 0.303 e. The van der Waals surface area contributed by atoms with Gasteiger partial charge in [0, 0.05) is 55.4 Å². The lowest BCUT2D eigenvalue weighted by Crippen LogP contribution is -2.64. The quantitative estimate of drug-likeness (QED) is 0.157. The van der Waals surface area contributed by atoms with Crippen molar-refractivity contribution in [1.82, 2.24) is 0 Å². The third-order valence-electron chi connectivity index (χ3n) is 7.25. The number of esters is 8. The van der Waals surface area contributed by atoms with Crippen LogP contribution in [0.2, 0.25) is 0 Å². The molecule has 52 heavy (non-hydrogen) atoms. The highest BCUT2D eigenvalue weighted by Crippen LogP contribution is 2.33. The molecule has 0 spiro atoms. The van der Waals surface area contributed by atoms with E-state index in [-0.39, 0.29) is 0 Å². The molecule has 2 heterocycles. The first-order valence-corrected chi connectivity index (χ1v) is 16.1. The Balaban J connectivity index is 2.49. The zero-order valence-corrected chi connectivity index (χ0v) is 30.5. The van der Waals surface area contributed by atoms with Gasteiger partial charge in [0.15, 0.2) is 49.2 Å². The van der Waals surface area contributed by atoms with Gasteiger partial charge in [-0.05, 0) is 13.8 Å². The van der Waals surface area contributed by atoms with Gasteiger partial charge in [-0.15, -0.1) is 0 Å². The molecule has 0 unspecified atom stereocenters. The van der Waals surface area contributed by atoms with Gasteiger partial charge in [0.25, 0.3) is 0 Å². The Morgan fingerprint density at radius 2 is 0.654 bits per heavy atom. The van der Waals surface area contributed by atoms with Crippen molar-refractivity contribution in [3.8, 4) is 0 Å². The molecule has 12 atom stereocenters. The van der Waals surface area contributed by atoms with E-state index >= 15 is 0 Å². The first kappa shape index (κ1) is 43.8. The Bertz CT molecular complexity index is 1220. The molecule has 2 aliphatic rings. The van der Waals surface area contributed by atoms with Gasteiger partial charge in [-0.1, -0.05) is 0 Å². The Labute approximate surface area is 299 Å². The molecule has 20 nitrogen and oxygen atoms in total. The smallest absolute Gasteiger partial charge is 0.303 e. The van der Waals surface area contributed by atoms with Crippen molar-refractivity contribution in [2.75, 3.05) is 13.2 Å². The summed E-state index contributed by atoms with van der Waals surface area (Å²) in [6, 6.07) is 0. The molecule has 2 saturated heterocycles. The number of carbonyl (C=O) groups excluding carboxylic acids is 8. The van der Waals surface area contributed by atoms with Gasteiger partial charge in [-0.2, -0.15) is 0 Å². The molecular formula is C32H46O20. The summed E-state index contributed by atoms with van der Waals surface area (Å²) in [5, 5.41) is 0. The SMILES string of the molecule is CC(=O)OC[C@H]1O[C@H](O[C@@H](C)[C@H](C)O[C@H]2O[C@H](COC(C)=O)[C@@H](OC(C)=O)[C@H](OC(C)=O)[C@@H]2OC(C)=O)[C@@H](OC(C)=O)[C@@H](OC(C)=O)[C@@H]1OC(C)=O. The molecule has 0 aliphatic carbocycles. The van der Waals surface area contributed by atoms with E-state index in [1.54, 1.807) is 0 Å². The predicted molar refractivity (Wildman–Crippen MR) is 165 cm³/mol. The maximum absolute atomic E-state index is 12.2. The molecular weight excluding hydrogens is 704 g/mol. The number of rotatable bonds is 15. The monoisotopic (exact) mass is 750 g/mol. The fraction of sp³-hybridized carbons (Fsp3) is 0.750. The third kappa shape index (κ3) is 13.6. The third-order valence-corrected chi connectivity index (χ3v) is 7.25. The van der Waals surface area contributed by atoms with Crippen molar-refractivity contribution >= 4 is 47.8 Å². The molecule has 0 saturated carbocycles. The highest BCUT2D eigenvalue weighted by Gasteiger charge is 2.55. The minimum atomic E-state index is -1.57. The Hall–Kier alpha value is -4.40. The zero-order chi connectivity index (χ0) is 39.4. The topological polar surface area (TPSA) is 247 Å². The van der Waals surface area contributed by atoms with E-state index in [1.807, 2.05) is 0 Å². The van der Waals surface area contributed by atoms with Crippen LogP contribution in [0.4, 0.5) is 0 Å². The van der Waals surface area contributed by atoms with Gasteiger partial charge < -0.3 is 56.8 Å². The molecule has 20 heteroatoms. The average Bonchev–Trinajstić information content (AvgIpc) is 2.99. The maximum atomic E-state index is 12.2. The first-order chi connectivity index (χ1) is 24.2. The van der Waals surface area contributed by atoms with Crippen LogP contribution >= 0.6 is 0 Å². The summed E-state index contributed by atoms with van der Waals surface area (Å²) in [6.07, 6.45) is -16.8. The van der Waals surface area contributed by atoms with Crippen molar-refractivity contribution in [2.24, 2.45) is 0 Å². The normalized spacial score (nSPS) is 29.6. The van der Waals surface area contributed by atoms with E-state index in [2.05, 4.69) is 0 Å². The van der Waals surface area contributed by atoms with E-state index in [0.29, 0.717) is 0 Å². The minimum Gasteiger partial charge on any atom is -0.463 e. The van der Waals surface area contributed by atoms with Crippen LogP contribution in [0.5, 0.6) is 0 Å². The summed E-state index contributed by atoms with van der Waals surface area (Å²) in [4.78, 5) is 96.2. The predicted octanol–water partition coefficient (Wildman–Crippen LogP) is -0.0372. The molecule has 0 amide bonds. The number of ether oxygens (including phenoxy) is 12. The van der Waals surface area contributed by atoms with Gasteiger partial charge in [0.05, 0.1) is 12.2 Å². The van der Waals surface area contributed by atoms with Crippen LogP contribution in [0.15, 0.2) is 0 Å². The van der Waals surface area contributed by atoms with E-state index < -0.39 is 135 Å². The highest BCUT2D eigenvalue weighted by molar-refractivity contribution is 5.70. The van der Waals surface area contributed by atoms with Crippen LogP contribution in [0.1, 0.15) is 69.2 Å². The Kier molecular flexibility index (Phi) is 16.8. The van der Waals surface area contributed by atoms with Gasteiger partial charge >= 0.3 is 47.8 Å². The highest BCUT2D eigenvalue weighted by atomic mass is 16.8. The second-order valence-corrected chi connectivity index (χ2v) is 11.8. The molecule has 0 aromatic heterocycles. The van der Waals surface area contributed by atoms with Crippen LogP contribution in [-0.2, 0) is 95.2 Å². The largest absolute Gasteiger partial charge is 0.463 e. The Morgan fingerprint density at radius 1 is 0.404 bits per heavy atom. The van der Waals surface area contributed by atoms with E-state index in [9.17, 15) is 38.4 Å². The second kappa shape index (κ2) is 20.0. The molecule has 294 valence electrons. The summed E-state index contributed by atoms with van der Waals surface area (Å²) < 4.78 is 66.8. The van der Waals surface area contributed by atoms with Gasteiger partial charge in [0.1, 0.15) is 25.4 Å². The molecule has 0 radical (unpaired) electrons. The molecule has 2 fully saturated rings. The number of hydrogen-bond donors (Lipinski definition) is 0. The van der Waals surface area contributed by atoms with Crippen LogP contribution in [-0.4, -0.2) is 135 Å². The van der Waals surface area contributed by atoms with Gasteiger partial charge in [-0.3, -0.25) is 38.4 Å². The van der Waals surface area contributed by atoms with Crippen molar-refractivity contribution in [3.63, 3.8) is 0 Å². The van der Waals surface area contributed by atoms with Crippen LogP contribution in [0.25, 0.3) is 0 Å². The lowest BCUT2D eigenvalue weighted by Gasteiger charge is -2.46. The van der Waals surface area contributed by atoms with Crippen LogP contribution < -0.4 is 0 Å². The van der Waals surface area contributed by atoms with Gasteiger partial charge in [0.2, 0.25) is 0 Å². The van der Waals surface area contributed by atoms with Crippen molar-refractivity contribution in [1.29, 1.82) is 0 Å². The average molecular weight is 751 g/mol. The lowest BCUT2D eigenvalue weighted by molar-refractivity contribution is -0.340. The van der Waals surface area contributed by atoms with Crippen LogP contribution in [0, 0.1) is 0 Å². The fourth-order valence-electron chi connectivity index (χ4n) is 5.24. The number of hydrogen-bond acceptors (Lipinski definition) is 20. The first-order valence-electron chi connectivity index (χ1n) is 16.1. The Morgan fingerprint density at radius 3 is 0.904 bits per heavy atom. The summed E-state index contributed by atoms with van der Waals surface area (Å²) in [5.74, 6) is -6.47. The summed E-state index contributed by atoms with van der Waals surface area (Å²) in [6.45, 7) is 10.6. The second-order valence-electron chi connectivity index (χ2n) is 11.8. The lowest BCUT2D eigenvalue weighted by atomic mass is 9.97. The van der Waals surface area contributed by atoms with Crippen molar-refractivity contribution in [2.45, 2.75) is 143 Å². The molecule has 0 bridgehead atoms.